The number of aromatic nitrogens is 3. The largest absolute Gasteiger partial charge is 0.454 e. The lowest BCUT2D eigenvalue weighted by Gasteiger charge is -2.25. The summed E-state index contributed by atoms with van der Waals surface area (Å²) >= 11 is 0. The minimum atomic E-state index is -5.74. The van der Waals surface area contributed by atoms with E-state index in [1.165, 1.54) is 6.21 Å². The number of hydrazone groups is 1. The van der Waals surface area contributed by atoms with Gasteiger partial charge in [0.2, 0.25) is 12.7 Å². The number of nitrogens with zero attached hydrogens (tertiary/aromatic N) is 5. The van der Waals surface area contributed by atoms with E-state index in [9.17, 15) is 26.3 Å². The molecule has 0 saturated heterocycles. The monoisotopic (exact) mass is 564 g/mol. The Labute approximate surface area is 221 Å². The first-order valence-corrected chi connectivity index (χ1v) is 12.5. The zero-order chi connectivity index (χ0) is 28.5. The highest BCUT2D eigenvalue weighted by molar-refractivity contribution is 5.81. The number of hydrogen-bond acceptors (Lipinski definition) is 9. The third-order valence-corrected chi connectivity index (χ3v) is 5.54. The van der Waals surface area contributed by atoms with Gasteiger partial charge in [0.05, 0.1) is 6.21 Å². The fourth-order valence-electron chi connectivity index (χ4n) is 3.59. The molecule has 1 N–H and O–H groups in total. The molecular formula is C24H30F6N6O3. The second-order valence-corrected chi connectivity index (χ2v) is 8.71. The molecule has 1 aliphatic rings. The van der Waals surface area contributed by atoms with Crippen molar-refractivity contribution in [1.82, 2.24) is 15.0 Å². The molecule has 0 bridgehead atoms. The molecule has 9 nitrogen and oxygen atoms in total. The van der Waals surface area contributed by atoms with Gasteiger partial charge in [0, 0.05) is 13.1 Å². The molecule has 2 heterocycles. The van der Waals surface area contributed by atoms with Crippen LogP contribution in [0.5, 0.6) is 17.5 Å². The van der Waals surface area contributed by atoms with E-state index >= 15 is 0 Å². The van der Waals surface area contributed by atoms with Gasteiger partial charge in [0.25, 0.3) is 12.1 Å². The van der Waals surface area contributed by atoms with Crippen LogP contribution >= 0.6 is 0 Å². The van der Waals surface area contributed by atoms with Crippen LogP contribution in [0.3, 0.4) is 0 Å². The molecule has 39 heavy (non-hydrogen) atoms. The highest BCUT2D eigenvalue weighted by Crippen LogP contribution is 2.36. The topological polar surface area (TPSA) is 94.0 Å². The van der Waals surface area contributed by atoms with E-state index in [1.54, 1.807) is 23.1 Å². The zero-order valence-corrected chi connectivity index (χ0v) is 21.5. The minimum absolute atomic E-state index is 0.0778. The summed E-state index contributed by atoms with van der Waals surface area (Å²) in [6, 6.07) is 3.85. The normalized spacial score (nSPS) is 13.4. The molecule has 0 saturated carbocycles. The maximum atomic E-state index is 13.2. The van der Waals surface area contributed by atoms with Gasteiger partial charge in [-0.1, -0.05) is 39.5 Å². The van der Waals surface area contributed by atoms with E-state index < -0.39 is 24.5 Å². The molecule has 3 rings (SSSR count). The fourth-order valence-corrected chi connectivity index (χ4v) is 3.59. The lowest BCUT2D eigenvalue weighted by molar-refractivity contribution is -0.301. The minimum Gasteiger partial charge on any atom is -0.454 e. The number of halogens is 6. The Kier molecular flexibility index (Phi) is 10.4. The van der Waals surface area contributed by atoms with E-state index in [0.29, 0.717) is 30.2 Å². The highest BCUT2D eigenvalue weighted by Gasteiger charge is 2.59. The lowest BCUT2D eigenvalue weighted by Crippen LogP contribution is -2.47. The van der Waals surface area contributed by atoms with Crippen molar-refractivity contribution in [2.24, 2.45) is 5.10 Å². The van der Waals surface area contributed by atoms with E-state index in [-0.39, 0.29) is 18.7 Å². The molecule has 216 valence electrons. The summed E-state index contributed by atoms with van der Waals surface area (Å²) in [6.07, 6.45) is -9.23. The van der Waals surface area contributed by atoms with E-state index in [2.05, 4.69) is 30.2 Å². The van der Waals surface area contributed by atoms with Gasteiger partial charge in [-0.3, -0.25) is 0 Å². The van der Waals surface area contributed by atoms with E-state index in [1.807, 2.05) is 13.8 Å². The molecular weight excluding hydrogens is 534 g/mol. The van der Waals surface area contributed by atoms with Crippen LogP contribution in [0.25, 0.3) is 0 Å². The van der Waals surface area contributed by atoms with Gasteiger partial charge in [0.1, 0.15) is 0 Å². The van der Waals surface area contributed by atoms with Crippen LogP contribution in [0.15, 0.2) is 23.3 Å². The number of ether oxygens (including phenoxy) is 3. The lowest BCUT2D eigenvalue weighted by atomic mass is 10.2. The first-order chi connectivity index (χ1) is 18.5. The molecule has 1 aromatic carbocycles. The van der Waals surface area contributed by atoms with Crippen LogP contribution in [0.1, 0.15) is 57.9 Å². The third-order valence-electron chi connectivity index (χ3n) is 5.54. The zero-order valence-electron chi connectivity index (χ0n) is 21.5. The summed E-state index contributed by atoms with van der Waals surface area (Å²) in [5.74, 6) is 0.554. The van der Waals surface area contributed by atoms with E-state index in [0.717, 1.165) is 38.5 Å². The van der Waals surface area contributed by atoms with Crippen molar-refractivity contribution in [3.8, 4) is 17.5 Å². The molecule has 1 aromatic heterocycles. The number of rotatable bonds is 14. The Morgan fingerprint density at radius 2 is 1.59 bits per heavy atom. The van der Waals surface area contributed by atoms with Gasteiger partial charge in [-0.05, 0) is 36.6 Å². The van der Waals surface area contributed by atoms with Crippen molar-refractivity contribution in [1.29, 1.82) is 0 Å². The van der Waals surface area contributed by atoms with Gasteiger partial charge in [-0.2, -0.15) is 46.4 Å². The van der Waals surface area contributed by atoms with Crippen molar-refractivity contribution in [3.05, 3.63) is 23.8 Å². The molecule has 0 amide bonds. The van der Waals surface area contributed by atoms with Crippen LogP contribution in [0.4, 0.5) is 38.2 Å². The summed E-state index contributed by atoms with van der Waals surface area (Å²) in [7, 11) is 0. The van der Waals surface area contributed by atoms with Crippen molar-refractivity contribution < 1.29 is 40.6 Å². The van der Waals surface area contributed by atoms with E-state index in [4.69, 9.17) is 9.47 Å². The van der Waals surface area contributed by atoms with Crippen molar-refractivity contribution in [2.75, 3.05) is 30.2 Å². The summed E-state index contributed by atoms with van der Waals surface area (Å²) in [5.41, 5.74) is 3.02. The van der Waals surface area contributed by atoms with Gasteiger partial charge in [-0.15, -0.1) is 0 Å². The smallest absolute Gasteiger partial charge is 0.434 e. The average molecular weight is 565 g/mol. The molecule has 0 spiro atoms. The Morgan fingerprint density at radius 3 is 2.21 bits per heavy atom. The highest BCUT2D eigenvalue weighted by atomic mass is 19.4. The predicted molar refractivity (Wildman–Crippen MR) is 131 cm³/mol. The molecule has 0 radical (unpaired) electrons. The number of fused-ring (bicyclic) bond motifs is 1. The number of nitrogens with one attached hydrogen (secondary N) is 1. The SMILES string of the molecule is CCCCCN(CCCCC)c1nc(NN=Cc2ccc3c(c2)OCO3)nc(OC(C(F)(F)F)C(F)(F)F)n1. The maximum Gasteiger partial charge on any atom is 0.434 e. The second kappa shape index (κ2) is 13.5. The van der Waals surface area contributed by atoms with Crippen molar-refractivity contribution >= 4 is 18.1 Å². The Hall–Kier alpha value is -3.52. The second-order valence-electron chi connectivity index (χ2n) is 8.71. The quantitative estimate of drug-likeness (QED) is 0.127. The Bertz CT molecular complexity index is 1080. The molecule has 15 heteroatoms. The van der Waals surface area contributed by atoms with Gasteiger partial charge in [-0.25, -0.2) is 5.43 Å². The van der Waals surface area contributed by atoms with Gasteiger partial charge < -0.3 is 19.1 Å². The number of alkyl halides is 6. The maximum absolute atomic E-state index is 13.2. The first-order valence-electron chi connectivity index (χ1n) is 12.5. The Balaban J connectivity index is 1.90. The third kappa shape index (κ3) is 9.03. The van der Waals surface area contributed by atoms with Crippen molar-refractivity contribution in [3.63, 3.8) is 0 Å². The van der Waals surface area contributed by atoms with Gasteiger partial charge in [0.15, 0.2) is 11.5 Å². The summed E-state index contributed by atoms with van der Waals surface area (Å²) in [6.45, 7) is 4.98. The summed E-state index contributed by atoms with van der Waals surface area (Å²) in [5, 5.41) is 3.96. The summed E-state index contributed by atoms with van der Waals surface area (Å²) in [4.78, 5) is 13.3. The van der Waals surface area contributed by atoms with Crippen LogP contribution in [-0.2, 0) is 0 Å². The average Bonchev–Trinajstić information content (AvgIpc) is 3.33. The van der Waals surface area contributed by atoms with Crippen LogP contribution in [-0.4, -0.2) is 59.5 Å². The van der Waals surface area contributed by atoms with Gasteiger partial charge >= 0.3 is 18.4 Å². The number of hydrogen-bond donors (Lipinski definition) is 1. The standard InChI is InChI=1S/C24H30F6N6O3/c1-3-5-7-11-36(12-8-6-4-2)21-32-20(33-22(34-21)39-19(23(25,26)27)24(28,29)30)35-31-14-16-9-10-17-18(13-16)38-15-37-17/h9-10,13-14,19H,3-8,11-12,15H2,1-2H3,(H,32,33,34,35). The molecule has 0 atom stereocenters. The number of unbranched alkanes of at least 4 members (excludes halogenated alkanes) is 4. The fraction of sp³-hybridized carbons (Fsp3) is 0.583. The first kappa shape index (κ1) is 30.0. The molecule has 0 aliphatic carbocycles. The summed E-state index contributed by atoms with van der Waals surface area (Å²) < 4.78 is 93.8. The number of anilines is 2. The van der Waals surface area contributed by atoms with Crippen LogP contribution < -0.4 is 24.5 Å². The molecule has 1 aliphatic heterocycles. The molecule has 0 fully saturated rings. The van der Waals surface area contributed by atoms with Crippen molar-refractivity contribution in [2.45, 2.75) is 70.8 Å². The van der Waals surface area contributed by atoms with Crippen LogP contribution in [0, 0.1) is 0 Å². The number of benzene rings is 1. The molecule has 2 aromatic rings. The molecule has 0 unspecified atom stereocenters. The Morgan fingerprint density at radius 1 is 0.949 bits per heavy atom. The predicted octanol–water partition coefficient (Wildman–Crippen LogP) is 6.11. The van der Waals surface area contributed by atoms with Crippen LogP contribution in [0.2, 0.25) is 0 Å².